The lowest BCUT2D eigenvalue weighted by Crippen LogP contribution is -2.26. The highest BCUT2D eigenvalue weighted by Gasteiger charge is 2.34. The van der Waals surface area contributed by atoms with E-state index in [1.165, 1.54) is 40.2 Å². The van der Waals surface area contributed by atoms with Gasteiger partial charge >= 0.3 is 0 Å². The molecule has 1 aliphatic carbocycles. The van der Waals surface area contributed by atoms with Crippen LogP contribution in [-0.2, 0) is 27.7 Å². The third-order valence-electron chi connectivity index (χ3n) is 9.64. The van der Waals surface area contributed by atoms with Crippen LogP contribution in [-0.4, -0.2) is 46.0 Å². The number of rotatable bonds is 14. The van der Waals surface area contributed by atoms with Gasteiger partial charge in [0, 0.05) is 53.4 Å². The Labute approximate surface area is 300 Å². The van der Waals surface area contributed by atoms with Crippen molar-refractivity contribution in [2.45, 2.75) is 81.6 Å². The zero-order valence-electron chi connectivity index (χ0n) is 28.0. The molecular weight excluding hydrogens is 677 g/mol. The van der Waals surface area contributed by atoms with Crippen molar-refractivity contribution >= 4 is 61.4 Å². The average molecular weight is 723 g/mol. The average Bonchev–Trinajstić information content (AvgIpc) is 3.16. The number of nitrogens with one attached hydrogen (secondary N) is 3. The van der Waals surface area contributed by atoms with Crippen LogP contribution in [0.5, 0.6) is 0 Å². The van der Waals surface area contributed by atoms with Crippen molar-refractivity contribution in [3.8, 4) is 0 Å². The maximum atomic E-state index is 13.4. The molecule has 11 heteroatoms. The van der Waals surface area contributed by atoms with Crippen molar-refractivity contribution in [3.05, 3.63) is 93.1 Å². The number of aromatic nitrogens is 1. The van der Waals surface area contributed by atoms with Crippen molar-refractivity contribution in [2.75, 3.05) is 36.3 Å². The van der Waals surface area contributed by atoms with Crippen molar-refractivity contribution in [1.82, 2.24) is 15.6 Å². The number of fused-ring (bicyclic) bond motifs is 4. The third kappa shape index (κ3) is 8.17. The first kappa shape index (κ1) is 35.5. The number of aryl methyl sites for hydroxylation is 1. The van der Waals surface area contributed by atoms with Gasteiger partial charge in [-0.15, -0.1) is 0 Å². The molecule has 0 saturated carbocycles. The summed E-state index contributed by atoms with van der Waals surface area (Å²) in [5.74, 6) is 0.104. The summed E-state index contributed by atoms with van der Waals surface area (Å²) in [6, 6.07) is 18.4. The van der Waals surface area contributed by atoms with E-state index in [0.29, 0.717) is 34.3 Å². The van der Waals surface area contributed by atoms with E-state index >= 15 is 0 Å². The number of carbonyl (C=O) groups excluding carboxylic acids is 1. The van der Waals surface area contributed by atoms with Gasteiger partial charge in [0.15, 0.2) is 0 Å². The van der Waals surface area contributed by atoms with Crippen LogP contribution >= 0.6 is 23.2 Å². The maximum Gasteiger partial charge on any atom is 0.264 e. The maximum absolute atomic E-state index is 13.4. The molecule has 260 valence electrons. The van der Waals surface area contributed by atoms with Gasteiger partial charge in [-0.1, -0.05) is 60.3 Å². The monoisotopic (exact) mass is 721 g/mol. The van der Waals surface area contributed by atoms with Gasteiger partial charge in [0.05, 0.1) is 22.1 Å². The van der Waals surface area contributed by atoms with Gasteiger partial charge in [-0.2, -0.15) is 0 Å². The molecule has 1 amide bonds. The lowest BCUT2D eigenvalue weighted by molar-refractivity contribution is -0.121. The number of hydrogen-bond donors (Lipinski definition) is 3. The molecule has 0 bridgehead atoms. The summed E-state index contributed by atoms with van der Waals surface area (Å²) < 4.78 is 28.2. The first-order valence-electron chi connectivity index (χ1n) is 17.5. The van der Waals surface area contributed by atoms with Gasteiger partial charge in [0.25, 0.3) is 10.0 Å². The molecule has 49 heavy (non-hydrogen) atoms. The number of hydrogen-bond acceptors (Lipinski definition) is 6. The van der Waals surface area contributed by atoms with Crippen molar-refractivity contribution in [1.29, 1.82) is 0 Å². The topological polar surface area (TPSA) is 103 Å². The van der Waals surface area contributed by atoms with E-state index in [0.717, 1.165) is 80.9 Å². The third-order valence-corrected chi connectivity index (χ3v) is 11.9. The number of anilines is 2. The fourth-order valence-corrected chi connectivity index (χ4v) is 8.93. The Morgan fingerprint density at radius 3 is 2.47 bits per heavy atom. The molecule has 3 N–H and O–H groups in total. The van der Waals surface area contributed by atoms with Gasteiger partial charge < -0.3 is 16.0 Å². The van der Waals surface area contributed by atoms with E-state index in [9.17, 15) is 13.2 Å². The predicted octanol–water partition coefficient (Wildman–Crippen LogP) is 8.20. The second-order valence-corrected chi connectivity index (χ2v) is 15.8. The Morgan fingerprint density at radius 2 is 1.59 bits per heavy atom. The molecule has 2 heterocycles. The number of benzene rings is 3. The minimum Gasteiger partial charge on any atom is -0.384 e. The second kappa shape index (κ2) is 16.1. The molecule has 1 atom stereocenters. The number of unbranched alkanes of at least 4 members (excludes halogenated alkanes) is 4. The molecule has 3 aromatic carbocycles. The molecule has 1 aromatic heterocycles. The summed E-state index contributed by atoms with van der Waals surface area (Å²) in [6.07, 6.45) is 10.5. The molecule has 1 aliphatic heterocycles. The number of amides is 1. The zero-order chi connectivity index (χ0) is 34.4. The Hall–Kier alpha value is -3.37. The van der Waals surface area contributed by atoms with Crippen LogP contribution in [0.1, 0.15) is 86.2 Å². The normalized spacial score (nSPS) is 16.4. The summed E-state index contributed by atoms with van der Waals surface area (Å²) in [6.45, 7) is 2.24. The van der Waals surface area contributed by atoms with Crippen LogP contribution in [0, 0.1) is 0 Å². The van der Waals surface area contributed by atoms with E-state index in [4.69, 9.17) is 28.2 Å². The van der Waals surface area contributed by atoms with Gasteiger partial charge in [-0.05, 0) is 111 Å². The minimum absolute atomic E-state index is 0.104. The SMILES string of the molecule is CN1c2ccccc2C(NCCCCCCC(=O)NCCCCNc2c3c(nc4cc(Cl)ccc24)CCCC3)c2ccc(Cl)cc2S1(=O)=O. The lowest BCUT2D eigenvalue weighted by Gasteiger charge is -2.22. The van der Waals surface area contributed by atoms with Crippen LogP contribution in [0.25, 0.3) is 10.9 Å². The molecule has 0 spiro atoms. The number of para-hydroxylation sites is 1. The number of halogens is 2. The van der Waals surface area contributed by atoms with Crippen molar-refractivity contribution < 1.29 is 13.2 Å². The van der Waals surface area contributed by atoms with E-state index in [1.54, 1.807) is 13.1 Å². The summed E-state index contributed by atoms with van der Waals surface area (Å²) in [5, 5.41) is 12.6. The smallest absolute Gasteiger partial charge is 0.264 e. The number of nitrogens with zero attached hydrogens (tertiary/aromatic N) is 2. The Kier molecular flexibility index (Phi) is 11.7. The van der Waals surface area contributed by atoms with E-state index in [-0.39, 0.29) is 16.8 Å². The summed E-state index contributed by atoms with van der Waals surface area (Å²) in [4.78, 5) is 17.6. The largest absolute Gasteiger partial charge is 0.384 e. The number of carbonyl (C=O) groups is 1. The van der Waals surface area contributed by atoms with Crippen LogP contribution in [0.15, 0.2) is 65.6 Å². The van der Waals surface area contributed by atoms with Crippen LogP contribution in [0.4, 0.5) is 11.4 Å². The second-order valence-electron chi connectivity index (χ2n) is 13.0. The molecule has 2 aliphatic rings. The van der Waals surface area contributed by atoms with E-state index < -0.39 is 10.0 Å². The molecule has 0 fully saturated rings. The van der Waals surface area contributed by atoms with Crippen molar-refractivity contribution in [2.24, 2.45) is 0 Å². The summed E-state index contributed by atoms with van der Waals surface area (Å²) >= 11 is 12.5. The van der Waals surface area contributed by atoms with Gasteiger partial charge in [-0.3, -0.25) is 14.1 Å². The standard InChI is InChI=1S/C38H45Cl2N5O3S/c1-45-34-15-8-6-13-30(34)38(31-20-18-27(40)25-35(31)49(45,47)48)43-22-9-3-2-4-16-36(46)41-21-10-11-23-42-37-28-12-5-7-14-32(28)44-33-24-26(39)17-19-29(33)37/h6,8,13,15,17-20,24-25,38,43H,2-5,7,9-12,14,16,21-23H2,1H3,(H,41,46)(H,42,44). The van der Waals surface area contributed by atoms with Gasteiger partial charge in [-0.25, -0.2) is 8.42 Å². The highest BCUT2D eigenvalue weighted by Crippen LogP contribution is 2.41. The molecule has 6 rings (SSSR count). The highest BCUT2D eigenvalue weighted by atomic mass is 35.5. The first-order valence-corrected chi connectivity index (χ1v) is 19.7. The fourth-order valence-electron chi connectivity index (χ4n) is 7.04. The molecule has 4 aromatic rings. The zero-order valence-corrected chi connectivity index (χ0v) is 30.4. The molecule has 0 radical (unpaired) electrons. The van der Waals surface area contributed by atoms with Crippen LogP contribution in [0.3, 0.4) is 0 Å². The Morgan fingerprint density at radius 1 is 0.857 bits per heavy atom. The number of sulfonamides is 1. The fraction of sp³-hybridized carbons (Fsp3) is 0.421. The van der Waals surface area contributed by atoms with E-state index in [1.807, 2.05) is 42.5 Å². The number of pyridine rings is 1. The predicted molar refractivity (Wildman–Crippen MR) is 201 cm³/mol. The van der Waals surface area contributed by atoms with E-state index in [2.05, 4.69) is 22.0 Å². The van der Waals surface area contributed by atoms with Gasteiger partial charge in [0.2, 0.25) is 5.91 Å². The Balaban J connectivity index is 0.900. The van der Waals surface area contributed by atoms with Crippen molar-refractivity contribution in [3.63, 3.8) is 0 Å². The molecule has 0 saturated heterocycles. The lowest BCUT2D eigenvalue weighted by atomic mass is 9.92. The highest BCUT2D eigenvalue weighted by molar-refractivity contribution is 7.92. The minimum atomic E-state index is -3.75. The molecule has 8 nitrogen and oxygen atoms in total. The molecular formula is C38H45Cl2N5O3S. The molecule has 1 unspecified atom stereocenters. The van der Waals surface area contributed by atoms with Gasteiger partial charge in [0.1, 0.15) is 0 Å². The summed E-state index contributed by atoms with van der Waals surface area (Å²) in [5.41, 5.74) is 6.96. The van der Waals surface area contributed by atoms with Crippen LogP contribution < -0.4 is 20.3 Å². The Bertz CT molecular complexity index is 1920. The summed E-state index contributed by atoms with van der Waals surface area (Å²) in [7, 11) is -2.16. The van der Waals surface area contributed by atoms with Crippen LogP contribution in [0.2, 0.25) is 10.0 Å². The first-order chi connectivity index (χ1) is 23.7. The quantitative estimate of drug-likeness (QED) is 0.114.